The third kappa shape index (κ3) is 2.51. The fraction of sp³-hybridized carbons (Fsp3) is 0.923. The number of likely N-dealkylation sites (tertiary alicyclic amines) is 1. The van der Waals surface area contributed by atoms with Crippen molar-refractivity contribution in [2.45, 2.75) is 50.2 Å². The van der Waals surface area contributed by atoms with Gasteiger partial charge < -0.3 is 10.2 Å². The van der Waals surface area contributed by atoms with Gasteiger partial charge in [0, 0.05) is 25.2 Å². The molecule has 3 aliphatic heterocycles. The Hall–Kier alpha value is -0.320. The van der Waals surface area contributed by atoms with Gasteiger partial charge in [-0.25, -0.2) is 0 Å². The molecule has 104 valence electrons. The van der Waals surface area contributed by atoms with Crippen molar-refractivity contribution in [3.63, 3.8) is 0 Å². The van der Waals surface area contributed by atoms with Crippen LogP contribution in [-0.2, 0) is 4.79 Å². The van der Waals surface area contributed by atoms with E-state index in [1.54, 1.807) is 0 Å². The summed E-state index contributed by atoms with van der Waals surface area (Å²) in [6.45, 7) is 2.92. The molecule has 0 aliphatic carbocycles. The van der Waals surface area contributed by atoms with Gasteiger partial charge in [-0.3, -0.25) is 9.69 Å². The molecule has 0 aromatic heterocycles. The number of carbonyl (C=O) groups excluding carboxylic acids is 1. The van der Waals surface area contributed by atoms with Gasteiger partial charge in [0.2, 0.25) is 5.91 Å². The average molecular weight is 274 g/mol. The van der Waals surface area contributed by atoms with Crippen LogP contribution in [0.15, 0.2) is 0 Å². The van der Waals surface area contributed by atoms with Crippen LogP contribution >= 0.6 is 12.4 Å². The highest BCUT2D eigenvalue weighted by Gasteiger charge is 2.37. The van der Waals surface area contributed by atoms with Crippen molar-refractivity contribution in [2.75, 3.05) is 26.7 Å². The average Bonchev–Trinajstić information content (AvgIpc) is 2.88. The summed E-state index contributed by atoms with van der Waals surface area (Å²) in [5, 5.41) is 3.32. The van der Waals surface area contributed by atoms with Crippen LogP contribution in [0.1, 0.15) is 32.1 Å². The monoisotopic (exact) mass is 273 g/mol. The van der Waals surface area contributed by atoms with Gasteiger partial charge in [-0.15, -0.1) is 12.4 Å². The molecule has 18 heavy (non-hydrogen) atoms. The van der Waals surface area contributed by atoms with Crippen LogP contribution in [0.3, 0.4) is 0 Å². The first-order valence-corrected chi connectivity index (χ1v) is 7.00. The molecule has 3 fully saturated rings. The third-order valence-electron chi connectivity index (χ3n) is 4.82. The van der Waals surface area contributed by atoms with E-state index in [1.165, 1.54) is 12.8 Å². The predicted molar refractivity (Wildman–Crippen MR) is 74.0 cm³/mol. The molecule has 0 saturated carbocycles. The van der Waals surface area contributed by atoms with Gasteiger partial charge in [-0.05, 0) is 45.7 Å². The maximum absolute atomic E-state index is 12.4. The van der Waals surface area contributed by atoms with E-state index in [1.807, 2.05) is 0 Å². The van der Waals surface area contributed by atoms with Gasteiger partial charge in [0.1, 0.15) is 0 Å². The van der Waals surface area contributed by atoms with E-state index in [0.717, 1.165) is 38.9 Å². The molecular weight excluding hydrogens is 250 g/mol. The molecule has 0 spiro atoms. The summed E-state index contributed by atoms with van der Waals surface area (Å²) in [4.78, 5) is 17.0. The van der Waals surface area contributed by atoms with E-state index in [2.05, 4.69) is 22.2 Å². The van der Waals surface area contributed by atoms with Crippen molar-refractivity contribution < 1.29 is 4.79 Å². The molecule has 2 bridgehead atoms. The molecule has 5 heteroatoms. The first-order chi connectivity index (χ1) is 8.25. The van der Waals surface area contributed by atoms with Crippen LogP contribution in [0.2, 0.25) is 0 Å². The van der Waals surface area contributed by atoms with Crippen molar-refractivity contribution in [2.24, 2.45) is 0 Å². The number of likely N-dealkylation sites (N-methyl/N-ethyl adjacent to an activating group) is 1. The van der Waals surface area contributed by atoms with E-state index < -0.39 is 0 Å². The molecule has 3 aliphatic rings. The maximum atomic E-state index is 12.4. The molecule has 1 N–H and O–H groups in total. The molecule has 3 heterocycles. The maximum Gasteiger partial charge on any atom is 0.239 e. The number of fused-ring (bicyclic) bond motifs is 2. The molecule has 4 nitrogen and oxygen atoms in total. The fourth-order valence-corrected chi connectivity index (χ4v) is 3.62. The fourth-order valence-electron chi connectivity index (χ4n) is 3.62. The van der Waals surface area contributed by atoms with E-state index in [9.17, 15) is 4.79 Å². The zero-order valence-electron chi connectivity index (χ0n) is 11.1. The van der Waals surface area contributed by atoms with Crippen molar-refractivity contribution in [3.05, 3.63) is 0 Å². The largest absolute Gasteiger partial charge is 0.340 e. The van der Waals surface area contributed by atoms with Crippen LogP contribution in [0.4, 0.5) is 0 Å². The molecule has 3 unspecified atom stereocenters. The quantitative estimate of drug-likeness (QED) is 0.770. The molecule has 0 aromatic rings. The smallest absolute Gasteiger partial charge is 0.239 e. The molecular formula is C13H24ClN3O. The second kappa shape index (κ2) is 5.76. The van der Waals surface area contributed by atoms with Crippen LogP contribution in [-0.4, -0.2) is 60.5 Å². The van der Waals surface area contributed by atoms with Crippen LogP contribution in [0.5, 0.6) is 0 Å². The molecule has 1 amide bonds. The minimum Gasteiger partial charge on any atom is -0.340 e. The lowest BCUT2D eigenvalue weighted by atomic mass is 10.1. The van der Waals surface area contributed by atoms with Gasteiger partial charge in [-0.1, -0.05) is 0 Å². The normalized spacial score (nSPS) is 36.3. The van der Waals surface area contributed by atoms with E-state index >= 15 is 0 Å². The summed E-state index contributed by atoms with van der Waals surface area (Å²) >= 11 is 0. The highest BCUT2D eigenvalue weighted by Crippen LogP contribution is 2.28. The zero-order valence-corrected chi connectivity index (χ0v) is 11.9. The topological polar surface area (TPSA) is 35.6 Å². The summed E-state index contributed by atoms with van der Waals surface area (Å²) in [6, 6.07) is 1.43. The van der Waals surface area contributed by atoms with E-state index in [4.69, 9.17) is 0 Å². The molecule has 3 rings (SSSR count). The number of hydrogen-bond acceptors (Lipinski definition) is 3. The minimum absolute atomic E-state index is 0. The summed E-state index contributed by atoms with van der Waals surface area (Å²) in [5.74, 6) is 0.350. The van der Waals surface area contributed by atoms with Crippen molar-refractivity contribution in [1.82, 2.24) is 15.1 Å². The summed E-state index contributed by atoms with van der Waals surface area (Å²) in [5.41, 5.74) is 0. The first kappa shape index (κ1) is 14.1. The highest BCUT2D eigenvalue weighted by atomic mass is 35.5. The van der Waals surface area contributed by atoms with Gasteiger partial charge in [-0.2, -0.15) is 0 Å². The lowest BCUT2D eigenvalue weighted by Crippen LogP contribution is -2.47. The molecule has 3 atom stereocenters. The Morgan fingerprint density at radius 3 is 2.67 bits per heavy atom. The Bertz CT molecular complexity index is 307. The Morgan fingerprint density at radius 1 is 1.17 bits per heavy atom. The van der Waals surface area contributed by atoms with Gasteiger partial charge >= 0.3 is 0 Å². The first-order valence-electron chi connectivity index (χ1n) is 7.00. The van der Waals surface area contributed by atoms with Gasteiger partial charge in [0.05, 0.1) is 6.04 Å². The van der Waals surface area contributed by atoms with Crippen molar-refractivity contribution in [1.29, 1.82) is 0 Å². The van der Waals surface area contributed by atoms with Crippen LogP contribution in [0.25, 0.3) is 0 Å². The summed E-state index contributed by atoms with van der Waals surface area (Å²) in [6.07, 6.45) is 5.93. The third-order valence-corrected chi connectivity index (χ3v) is 4.82. The standard InChI is InChI=1S/C13H23N3O.ClH/c1-15-10-4-5-11(15)9-16(8-6-10)13(17)12-3-2-7-14-12;/h10-12,14H,2-9H2,1H3;1H. The number of amides is 1. The number of hydrogen-bond donors (Lipinski definition) is 1. The second-order valence-corrected chi connectivity index (χ2v) is 5.77. The Morgan fingerprint density at radius 2 is 1.94 bits per heavy atom. The van der Waals surface area contributed by atoms with Crippen molar-refractivity contribution >= 4 is 18.3 Å². The number of carbonyl (C=O) groups is 1. The zero-order chi connectivity index (χ0) is 11.8. The number of nitrogens with one attached hydrogen (secondary N) is 1. The second-order valence-electron chi connectivity index (χ2n) is 5.77. The lowest BCUT2D eigenvalue weighted by Gasteiger charge is -2.28. The Labute approximate surface area is 115 Å². The van der Waals surface area contributed by atoms with Crippen molar-refractivity contribution in [3.8, 4) is 0 Å². The number of halogens is 1. The minimum atomic E-state index is 0. The lowest BCUT2D eigenvalue weighted by molar-refractivity contribution is -0.133. The molecule has 3 saturated heterocycles. The number of nitrogens with zero attached hydrogens (tertiary/aromatic N) is 2. The SMILES string of the molecule is CN1C2CCC1CN(C(=O)C1CCCN1)CC2.Cl. The van der Waals surface area contributed by atoms with E-state index in [-0.39, 0.29) is 18.4 Å². The predicted octanol–water partition coefficient (Wildman–Crippen LogP) is 0.855. The summed E-state index contributed by atoms with van der Waals surface area (Å²) in [7, 11) is 2.23. The van der Waals surface area contributed by atoms with Crippen LogP contribution < -0.4 is 5.32 Å². The van der Waals surface area contributed by atoms with E-state index in [0.29, 0.717) is 18.0 Å². The molecule has 0 radical (unpaired) electrons. The number of rotatable bonds is 1. The van der Waals surface area contributed by atoms with Crippen LogP contribution in [0, 0.1) is 0 Å². The highest BCUT2D eigenvalue weighted by molar-refractivity contribution is 5.85. The van der Waals surface area contributed by atoms with Gasteiger partial charge in [0.15, 0.2) is 0 Å². The summed E-state index contributed by atoms with van der Waals surface area (Å²) < 4.78 is 0. The molecule has 0 aromatic carbocycles. The van der Waals surface area contributed by atoms with Gasteiger partial charge in [0.25, 0.3) is 0 Å². The Kier molecular flexibility index (Phi) is 4.51. The Balaban J connectivity index is 0.00000120.